The molecule has 0 unspecified atom stereocenters. The number of benzene rings is 1. The lowest BCUT2D eigenvalue weighted by Gasteiger charge is -2.07. The normalized spacial score (nSPS) is 10.4. The number of aryl methyl sites for hydroxylation is 1. The predicted octanol–water partition coefficient (Wildman–Crippen LogP) is 4.74. The van der Waals surface area contributed by atoms with E-state index in [1.54, 1.807) is 25.3 Å². The number of halogens is 3. The molecule has 1 aromatic heterocycles. The van der Waals surface area contributed by atoms with Crippen LogP contribution in [0.15, 0.2) is 34.9 Å². The highest BCUT2D eigenvalue weighted by Gasteiger charge is 2.06. The molecule has 2 rings (SSSR count). The Morgan fingerprint density at radius 2 is 2.12 bits per heavy atom. The average Bonchev–Trinajstić information content (AvgIpc) is 2.27. The highest BCUT2D eigenvalue weighted by Crippen LogP contribution is 2.29. The fourth-order valence-corrected chi connectivity index (χ4v) is 1.94. The summed E-state index contributed by atoms with van der Waals surface area (Å²) in [6, 6.07) is 6.15. The van der Waals surface area contributed by atoms with Crippen molar-refractivity contribution in [3.63, 3.8) is 0 Å². The summed E-state index contributed by atoms with van der Waals surface area (Å²) < 4.78 is 19.3. The quantitative estimate of drug-likeness (QED) is 0.798. The third-order valence-electron chi connectivity index (χ3n) is 2.12. The third kappa shape index (κ3) is 2.96. The molecule has 5 heteroatoms. The topological polar surface area (TPSA) is 22.1 Å². The lowest BCUT2D eigenvalue weighted by molar-refractivity contribution is 0.460. The van der Waals surface area contributed by atoms with E-state index < -0.39 is 0 Å². The lowest BCUT2D eigenvalue weighted by Crippen LogP contribution is -1.90. The van der Waals surface area contributed by atoms with Gasteiger partial charge in [-0.25, -0.2) is 9.37 Å². The van der Waals surface area contributed by atoms with Crippen molar-refractivity contribution in [2.75, 3.05) is 0 Å². The van der Waals surface area contributed by atoms with Crippen molar-refractivity contribution in [2.24, 2.45) is 0 Å². The Bertz CT molecular complexity index is 562. The van der Waals surface area contributed by atoms with E-state index in [2.05, 4.69) is 20.9 Å². The maximum Gasteiger partial charge on any atom is 0.238 e. The monoisotopic (exact) mass is 315 g/mol. The Hall–Kier alpha value is -1.13. The summed E-state index contributed by atoms with van der Waals surface area (Å²) in [5, 5.41) is 0.390. The third-order valence-corrected chi connectivity index (χ3v) is 2.82. The SMILES string of the molecule is Cc1cc(Oc2ncc(Br)cc2Cl)ccc1F. The molecule has 0 radical (unpaired) electrons. The van der Waals surface area contributed by atoms with E-state index in [0.717, 1.165) is 4.47 Å². The second kappa shape index (κ2) is 5.02. The second-order valence-corrected chi connectivity index (χ2v) is 4.78. The van der Waals surface area contributed by atoms with E-state index in [0.29, 0.717) is 22.2 Å². The zero-order valence-corrected chi connectivity index (χ0v) is 11.2. The molecule has 0 bridgehead atoms. The van der Waals surface area contributed by atoms with E-state index in [1.165, 1.54) is 12.1 Å². The number of rotatable bonds is 2. The van der Waals surface area contributed by atoms with Gasteiger partial charge < -0.3 is 4.74 Å². The minimum Gasteiger partial charge on any atom is -0.438 e. The minimum atomic E-state index is -0.271. The van der Waals surface area contributed by atoms with E-state index in [9.17, 15) is 4.39 Å². The van der Waals surface area contributed by atoms with E-state index >= 15 is 0 Å². The van der Waals surface area contributed by atoms with Crippen LogP contribution in [0.5, 0.6) is 11.6 Å². The first kappa shape index (κ1) is 12.3. The van der Waals surface area contributed by atoms with Gasteiger partial charge in [0, 0.05) is 10.7 Å². The lowest BCUT2D eigenvalue weighted by atomic mass is 10.2. The Morgan fingerprint density at radius 1 is 1.35 bits per heavy atom. The highest BCUT2D eigenvalue weighted by atomic mass is 79.9. The molecule has 2 nitrogen and oxygen atoms in total. The van der Waals surface area contributed by atoms with Crippen molar-refractivity contribution >= 4 is 27.5 Å². The zero-order chi connectivity index (χ0) is 12.4. The number of aromatic nitrogens is 1. The van der Waals surface area contributed by atoms with Crippen molar-refractivity contribution in [1.29, 1.82) is 0 Å². The van der Waals surface area contributed by atoms with E-state index in [1.807, 2.05) is 0 Å². The van der Waals surface area contributed by atoms with Crippen LogP contribution in [0.4, 0.5) is 4.39 Å². The summed E-state index contributed by atoms with van der Waals surface area (Å²) in [7, 11) is 0. The van der Waals surface area contributed by atoms with Crippen LogP contribution in [0.3, 0.4) is 0 Å². The molecule has 88 valence electrons. The minimum absolute atomic E-state index is 0.271. The summed E-state index contributed by atoms with van der Waals surface area (Å²) in [6.45, 7) is 1.67. The fourth-order valence-electron chi connectivity index (χ4n) is 1.27. The van der Waals surface area contributed by atoms with Gasteiger partial charge in [0.2, 0.25) is 5.88 Å². The van der Waals surface area contributed by atoms with Gasteiger partial charge in [0.05, 0.1) is 0 Å². The number of pyridine rings is 1. The average molecular weight is 317 g/mol. The molecule has 0 aliphatic heterocycles. The van der Waals surface area contributed by atoms with Gasteiger partial charge in [0.1, 0.15) is 16.6 Å². The summed E-state index contributed by atoms with van der Waals surface area (Å²) in [5.74, 6) is 0.522. The van der Waals surface area contributed by atoms with Crippen LogP contribution < -0.4 is 4.74 Å². The number of nitrogens with zero attached hydrogens (tertiary/aromatic N) is 1. The number of ether oxygens (including phenoxy) is 1. The van der Waals surface area contributed by atoms with Crippen LogP contribution in [-0.2, 0) is 0 Å². The van der Waals surface area contributed by atoms with Gasteiger partial charge in [-0.1, -0.05) is 11.6 Å². The van der Waals surface area contributed by atoms with Crippen LogP contribution in [0.1, 0.15) is 5.56 Å². The Balaban J connectivity index is 2.28. The first-order valence-corrected chi connectivity index (χ1v) is 5.98. The standard InChI is InChI=1S/C12H8BrClFNO/c1-7-4-9(2-3-11(7)15)17-12-10(14)5-8(13)6-16-12/h2-6H,1H3. The molecule has 0 fully saturated rings. The van der Waals surface area contributed by atoms with Gasteiger partial charge in [-0.3, -0.25) is 0 Å². The molecule has 0 amide bonds. The molecule has 0 saturated carbocycles. The van der Waals surface area contributed by atoms with Gasteiger partial charge >= 0.3 is 0 Å². The molecule has 1 aromatic carbocycles. The van der Waals surface area contributed by atoms with Crippen molar-refractivity contribution in [1.82, 2.24) is 4.98 Å². The van der Waals surface area contributed by atoms with Crippen molar-refractivity contribution in [2.45, 2.75) is 6.92 Å². The van der Waals surface area contributed by atoms with Crippen molar-refractivity contribution < 1.29 is 9.13 Å². The largest absolute Gasteiger partial charge is 0.438 e. The highest BCUT2D eigenvalue weighted by molar-refractivity contribution is 9.10. The van der Waals surface area contributed by atoms with Crippen LogP contribution in [0.25, 0.3) is 0 Å². The molecule has 0 N–H and O–H groups in total. The van der Waals surface area contributed by atoms with Crippen LogP contribution in [0, 0.1) is 12.7 Å². The van der Waals surface area contributed by atoms with Gasteiger partial charge in [-0.15, -0.1) is 0 Å². The van der Waals surface area contributed by atoms with Gasteiger partial charge in [-0.05, 0) is 52.7 Å². The molecule has 0 aliphatic rings. The first-order valence-electron chi connectivity index (χ1n) is 4.81. The van der Waals surface area contributed by atoms with Crippen LogP contribution >= 0.6 is 27.5 Å². The molecular weight excluding hydrogens is 308 g/mol. The first-order chi connectivity index (χ1) is 8.06. The molecule has 0 spiro atoms. The smallest absolute Gasteiger partial charge is 0.238 e. The van der Waals surface area contributed by atoms with Gasteiger partial charge in [0.15, 0.2) is 0 Å². The molecule has 2 aromatic rings. The number of hydrogen-bond acceptors (Lipinski definition) is 2. The van der Waals surface area contributed by atoms with E-state index in [-0.39, 0.29) is 5.82 Å². The molecule has 0 saturated heterocycles. The Kier molecular flexibility index (Phi) is 3.64. The summed E-state index contributed by atoms with van der Waals surface area (Å²) in [6.07, 6.45) is 1.58. The second-order valence-electron chi connectivity index (χ2n) is 3.45. The summed E-state index contributed by atoms with van der Waals surface area (Å²) in [5.41, 5.74) is 0.510. The Labute approximate surface area is 112 Å². The van der Waals surface area contributed by atoms with Crippen molar-refractivity contribution in [3.05, 3.63) is 51.3 Å². The molecule has 17 heavy (non-hydrogen) atoms. The zero-order valence-electron chi connectivity index (χ0n) is 8.88. The van der Waals surface area contributed by atoms with E-state index in [4.69, 9.17) is 16.3 Å². The van der Waals surface area contributed by atoms with Crippen LogP contribution in [0.2, 0.25) is 5.02 Å². The van der Waals surface area contributed by atoms with Gasteiger partial charge in [0.25, 0.3) is 0 Å². The van der Waals surface area contributed by atoms with Crippen molar-refractivity contribution in [3.8, 4) is 11.6 Å². The number of hydrogen-bond donors (Lipinski definition) is 0. The predicted molar refractivity (Wildman–Crippen MR) is 68.2 cm³/mol. The Morgan fingerprint density at radius 3 is 2.76 bits per heavy atom. The maximum atomic E-state index is 13.1. The summed E-state index contributed by atoms with van der Waals surface area (Å²) >= 11 is 9.21. The van der Waals surface area contributed by atoms with Gasteiger partial charge in [-0.2, -0.15) is 0 Å². The molecule has 0 aliphatic carbocycles. The van der Waals surface area contributed by atoms with Crippen LogP contribution in [-0.4, -0.2) is 4.98 Å². The molecular formula is C12H8BrClFNO. The molecule has 0 atom stereocenters. The fraction of sp³-hybridized carbons (Fsp3) is 0.0833. The molecule has 1 heterocycles. The maximum absolute atomic E-state index is 13.1. The summed E-state index contributed by atoms with van der Waals surface area (Å²) in [4.78, 5) is 4.03.